The summed E-state index contributed by atoms with van der Waals surface area (Å²) < 4.78 is 0. The van der Waals surface area contributed by atoms with Crippen molar-refractivity contribution < 1.29 is 0 Å². The van der Waals surface area contributed by atoms with Crippen LogP contribution in [0.2, 0.25) is 0 Å². The molecule has 15 heavy (non-hydrogen) atoms. The van der Waals surface area contributed by atoms with Crippen molar-refractivity contribution >= 4 is 11.3 Å². The van der Waals surface area contributed by atoms with Gasteiger partial charge in [0, 0.05) is 17.0 Å². The van der Waals surface area contributed by atoms with Crippen molar-refractivity contribution in [3.63, 3.8) is 0 Å². The molecular weight excluding hydrogens is 204 g/mol. The largest absolute Gasteiger partial charge is 0.309 e. The van der Waals surface area contributed by atoms with Crippen LogP contribution in [-0.4, -0.2) is 32.1 Å². The first-order valence-electron chi connectivity index (χ1n) is 5.58. The number of nitrogens with zero attached hydrogens (tertiary/aromatic N) is 1. The fraction of sp³-hybridized carbons (Fsp3) is 0.667. The molecule has 0 aromatic carbocycles. The Morgan fingerprint density at radius 2 is 2.33 bits per heavy atom. The van der Waals surface area contributed by atoms with Crippen molar-refractivity contribution in [2.45, 2.75) is 25.3 Å². The first-order valence-corrected chi connectivity index (χ1v) is 6.46. The molecule has 0 spiro atoms. The highest BCUT2D eigenvalue weighted by atomic mass is 32.1. The van der Waals surface area contributed by atoms with Crippen molar-refractivity contribution in [3.8, 4) is 0 Å². The van der Waals surface area contributed by atoms with Gasteiger partial charge in [0.1, 0.15) is 0 Å². The van der Waals surface area contributed by atoms with Gasteiger partial charge in [-0.2, -0.15) is 0 Å². The number of nitrogens with one attached hydrogen (secondary N) is 1. The number of hydrogen-bond donors (Lipinski definition) is 1. The van der Waals surface area contributed by atoms with E-state index in [2.05, 4.69) is 42.7 Å². The third-order valence-electron chi connectivity index (χ3n) is 3.27. The molecule has 1 N–H and O–H groups in total. The standard InChI is InChI=1S/C12H20N2S/c1-12(6-8-14(2)3)10-5-9-15-11(10)4-7-13-12/h5,9,13H,4,6-8H2,1-3H3. The first kappa shape index (κ1) is 11.1. The Kier molecular flexibility index (Phi) is 3.14. The van der Waals surface area contributed by atoms with E-state index in [4.69, 9.17) is 0 Å². The smallest absolute Gasteiger partial charge is 0.0429 e. The molecule has 2 nitrogen and oxygen atoms in total. The highest BCUT2D eigenvalue weighted by Crippen LogP contribution is 2.34. The summed E-state index contributed by atoms with van der Waals surface area (Å²) in [5.74, 6) is 0. The van der Waals surface area contributed by atoms with Crippen LogP contribution in [0.1, 0.15) is 23.8 Å². The van der Waals surface area contributed by atoms with E-state index in [9.17, 15) is 0 Å². The predicted molar refractivity (Wildman–Crippen MR) is 66.5 cm³/mol. The Bertz CT molecular complexity index is 332. The van der Waals surface area contributed by atoms with Crippen LogP contribution in [-0.2, 0) is 12.0 Å². The van der Waals surface area contributed by atoms with Gasteiger partial charge in [0.05, 0.1) is 0 Å². The van der Waals surface area contributed by atoms with Crippen LogP contribution in [0.5, 0.6) is 0 Å². The number of fused-ring (bicyclic) bond motifs is 1. The summed E-state index contributed by atoms with van der Waals surface area (Å²) in [5.41, 5.74) is 1.72. The maximum atomic E-state index is 3.67. The second kappa shape index (κ2) is 4.24. The predicted octanol–water partition coefficient (Wildman–Crippen LogP) is 2.06. The summed E-state index contributed by atoms with van der Waals surface area (Å²) in [6.45, 7) is 4.59. The molecule has 0 saturated heterocycles. The lowest BCUT2D eigenvalue weighted by molar-refractivity contribution is 0.275. The normalized spacial score (nSPS) is 25.6. The second-order valence-electron chi connectivity index (χ2n) is 4.82. The van der Waals surface area contributed by atoms with Crippen LogP contribution in [0.4, 0.5) is 0 Å². The lowest BCUT2D eigenvalue weighted by Gasteiger charge is -2.36. The van der Waals surface area contributed by atoms with Crippen LogP contribution in [0.15, 0.2) is 11.4 Å². The molecule has 1 aliphatic heterocycles. The minimum Gasteiger partial charge on any atom is -0.309 e. The van der Waals surface area contributed by atoms with Crippen LogP contribution in [0.25, 0.3) is 0 Å². The molecule has 0 radical (unpaired) electrons. The lowest BCUT2D eigenvalue weighted by atomic mass is 9.85. The van der Waals surface area contributed by atoms with Crippen molar-refractivity contribution in [2.75, 3.05) is 27.2 Å². The van der Waals surface area contributed by atoms with Crippen LogP contribution in [0.3, 0.4) is 0 Å². The zero-order valence-corrected chi connectivity index (χ0v) is 10.7. The third kappa shape index (κ3) is 2.25. The maximum Gasteiger partial charge on any atom is 0.0429 e. The molecule has 0 saturated carbocycles. The van der Waals surface area contributed by atoms with E-state index in [0.717, 1.165) is 13.1 Å². The second-order valence-corrected chi connectivity index (χ2v) is 5.82. The van der Waals surface area contributed by atoms with Gasteiger partial charge in [0.2, 0.25) is 0 Å². The van der Waals surface area contributed by atoms with Gasteiger partial charge in [-0.25, -0.2) is 0 Å². The average molecular weight is 224 g/mol. The van der Waals surface area contributed by atoms with Crippen LogP contribution >= 0.6 is 11.3 Å². The fourth-order valence-electron chi connectivity index (χ4n) is 2.24. The molecular formula is C12H20N2S. The summed E-state index contributed by atoms with van der Waals surface area (Å²) in [6.07, 6.45) is 2.38. The molecule has 2 heterocycles. The van der Waals surface area contributed by atoms with E-state index in [0.29, 0.717) is 0 Å². The average Bonchev–Trinajstić information content (AvgIpc) is 2.65. The van der Waals surface area contributed by atoms with Gasteiger partial charge in [-0.1, -0.05) is 0 Å². The van der Waals surface area contributed by atoms with E-state index >= 15 is 0 Å². The monoisotopic (exact) mass is 224 g/mol. The van der Waals surface area contributed by atoms with E-state index in [-0.39, 0.29) is 5.54 Å². The molecule has 1 atom stereocenters. The molecule has 1 aromatic heterocycles. The van der Waals surface area contributed by atoms with E-state index in [1.807, 2.05) is 11.3 Å². The fourth-order valence-corrected chi connectivity index (χ4v) is 3.25. The Morgan fingerprint density at radius 1 is 1.53 bits per heavy atom. The number of rotatable bonds is 3. The Labute approximate surface area is 96.3 Å². The maximum absolute atomic E-state index is 3.67. The molecule has 0 amide bonds. The molecule has 0 fully saturated rings. The number of thiophene rings is 1. The molecule has 1 aliphatic rings. The molecule has 1 aromatic rings. The zero-order valence-electron chi connectivity index (χ0n) is 9.84. The van der Waals surface area contributed by atoms with Crippen molar-refractivity contribution in [1.82, 2.24) is 10.2 Å². The van der Waals surface area contributed by atoms with E-state index < -0.39 is 0 Å². The summed E-state index contributed by atoms with van der Waals surface area (Å²) in [4.78, 5) is 3.84. The molecule has 0 aliphatic carbocycles. The summed E-state index contributed by atoms with van der Waals surface area (Å²) >= 11 is 1.91. The van der Waals surface area contributed by atoms with Gasteiger partial charge in [-0.05, 0) is 57.4 Å². The van der Waals surface area contributed by atoms with E-state index in [1.54, 1.807) is 4.88 Å². The van der Waals surface area contributed by atoms with Gasteiger partial charge < -0.3 is 10.2 Å². The Morgan fingerprint density at radius 3 is 3.07 bits per heavy atom. The van der Waals surface area contributed by atoms with Crippen molar-refractivity contribution in [3.05, 3.63) is 21.9 Å². The van der Waals surface area contributed by atoms with Gasteiger partial charge in [-0.15, -0.1) is 11.3 Å². The molecule has 3 heteroatoms. The summed E-state index contributed by atoms with van der Waals surface area (Å²) in [5, 5.41) is 5.90. The highest BCUT2D eigenvalue weighted by molar-refractivity contribution is 7.10. The van der Waals surface area contributed by atoms with E-state index in [1.165, 1.54) is 18.4 Å². The minimum atomic E-state index is 0.192. The minimum absolute atomic E-state index is 0.192. The summed E-state index contributed by atoms with van der Waals surface area (Å²) in [6, 6.07) is 2.29. The number of hydrogen-bond acceptors (Lipinski definition) is 3. The molecule has 0 bridgehead atoms. The third-order valence-corrected chi connectivity index (χ3v) is 4.25. The topological polar surface area (TPSA) is 15.3 Å². The summed E-state index contributed by atoms with van der Waals surface area (Å²) in [7, 11) is 4.28. The van der Waals surface area contributed by atoms with Crippen molar-refractivity contribution in [1.29, 1.82) is 0 Å². The first-order chi connectivity index (χ1) is 7.12. The van der Waals surface area contributed by atoms with Crippen molar-refractivity contribution in [2.24, 2.45) is 0 Å². The highest BCUT2D eigenvalue weighted by Gasteiger charge is 2.31. The van der Waals surface area contributed by atoms with Crippen LogP contribution in [0, 0.1) is 0 Å². The van der Waals surface area contributed by atoms with Gasteiger partial charge in [0.15, 0.2) is 0 Å². The Balaban J connectivity index is 2.16. The van der Waals surface area contributed by atoms with Gasteiger partial charge in [-0.3, -0.25) is 0 Å². The van der Waals surface area contributed by atoms with Gasteiger partial charge >= 0.3 is 0 Å². The van der Waals surface area contributed by atoms with Crippen LogP contribution < -0.4 is 5.32 Å². The molecule has 84 valence electrons. The molecule has 2 rings (SSSR count). The Hall–Kier alpha value is -0.380. The molecule has 1 unspecified atom stereocenters. The zero-order chi connectivity index (χ0) is 10.9. The SMILES string of the molecule is CN(C)CCC1(C)NCCc2sccc21. The lowest BCUT2D eigenvalue weighted by Crippen LogP contribution is -2.45. The quantitative estimate of drug-likeness (QED) is 0.845. The van der Waals surface area contributed by atoms with Gasteiger partial charge in [0.25, 0.3) is 0 Å².